The number of nitrogens with one attached hydrogen (secondary N) is 1. The smallest absolute Gasteiger partial charge is 0.335 e. The lowest BCUT2D eigenvalue weighted by molar-refractivity contribution is -0.122. The summed E-state index contributed by atoms with van der Waals surface area (Å²) in [6.07, 6.45) is 1.28. The van der Waals surface area contributed by atoms with Gasteiger partial charge in [-0.25, -0.2) is 14.5 Å². The number of aromatic carboxylic acids is 1. The minimum absolute atomic E-state index is 0.0693. The number of imide groups is 2. The predicted octanol–water partition coefficient (Wildman–Crippen LogP) is 5.34. The average Bonchev–Trinajstić information content (AvgIpc) is 2.87. The minimum atomic E-state index is -1.04. The Morgan fingerprint density at radius 1 is 0.974 bits per heavy atom. The SMILES string of the molecule is CCOc1ccc(N2C(=O)NC(=O)/C(=C\c3cc(Cl)c(OCc4ccc(C(=O)O)cc4)c(Cl)c3)C2=O)cc1. The third-order valence-electron chi connectivity index (χ3n) is 5.42. The quantitative estimate of drug-likeness (QED) is 0.284. The molecule has 194 valence electrons. The fourth-order valence-corrected chi connectivity index (χ4v) is 4.23. The Morgan fingerprint density at radius 2 is 1.61 bits per heavy atom. The van der Waals surface area contributed by atoms with E-state index < -0.39 is 23.8 Å². The van der Waals surface area contributed by atoms with Crippen LogP contribution in [0, 0.1) is 0 Å². The average molecular weight is 555 g/mol. The molecule has 1 aliphatic heterocycles. The fraction of sp³-hybridized carbons (Fsp3) is 0.111. The number of rotatable bonds is 8. The predicted molar refractivity (Wildman–Crippen MR) is 141 cm³/mol. The number of amides is 4. The molecule has 9 nitrogen and oxygen atoms in total. The zero-order valence-electron chi connectivity index (χ0n) is 19.9. The van der Waals surface area contributed by atoms with E-state index in [-0.39, 0.29) is 39.2 Å². The largest absolute Gasteiger partial charge is 0.494 e. The summed E-state index contributed by atoms with van der Waals surface area (Å²) < 4.78 is 11.1. The van der Waals surface area contributed by atoms with Crippen molar-refractivity contribution in [3.05, 3.63) is 93.0 Å². The van der Waals surface area contributed by atoms with Gasteiger partial charge >= 0.3 is 12.0 Å². The van der Waals surface area contributed by atoms with Crippen molar-refractivity contribution in [3.63, 3.8) is 0 Å². The normalized spacial score (nSPS) is 14.4. The number of carboxylic acid groups (broad SMARTS) is 1. The van der Waals surface area contributed by atoms with Crippen LogP contribution in [0.15, 0.2) is 66.2 Å². The molecule has 11 heteroatoms. The number of hydrogen-bond donors (Lipinski definition) is 2. The highest BCUT2D eigenvalue weighted by Crippen LogP contribution is 2.36. The van der Waals surface area contributed by atoms with Gasteiger partial charge in [0.25, 0.3) is 11.8 Å². The van der Waals surface area contributed by atoms with Gasteiger partial charge in [-0.05, 0) is 72.7 Å². The van der Waals surface area contributed by atoms with Gasteiger partial charge in [0, 0.05) is 0 Å². The number of anilines is 1. The lowest BCUT2D eigenvalue weighted by Gasteiger charge is -2.26. The molecule has 3 aromatic rings. The van der Waals surface area contributed by atoms with Crippen molar-refractivity contribution in [1.82, 2.24) is 5.32 Å². The molecule has 0 spiro atoms. The van der Waals surface area contributed by atoms with Crippen LogP contribution in [0.3, 0.4) is 0 Å². The number of barbiturate groups is 1. The van der Waals surface area contributed by atoms with Gasteiger partial charge in [-0.3, -0.25) is 14.9 Å². The van der Waals surface area contributed by atoms with Crippen molar-refractivity contribution in [2.24, 2.45) is 0 Å². The highest BCUT2D eigenvalue weighted by atomic mass is 35.5. The first-order chi connectivity index (χ1) is 18.2. The molecule has 2 N–H and O–H groups in total. The maximum Gasteiger partial charge on any atom is 0.335 e. The first-order valence-electron chi connectivity index (χ1n) is 11.3. The molecule has 4 amide bonds. The number of nitrogens with zero attached hydrogens (tertiary/aromatic N) is 1. The van der Waals surface area contributed by atoms with Crippen LogP contribution >= 0.6 is 23.2 Å². The number of benzene rings is 3. The lowest BCUT2D eigenvalue weighted by atomic mass is 10.1. The highest BCUT2D eigenvalue weighted by Gasteiger charge is 2.36. The molecule has 0 aliphatic carbocycles. The first kappa shape index (κ1) is 26.7. The van der Waals surface area contributed by atoms with Crippen LogP contribution in [-0.4, -0.2) is 35.5 Å². The van der Waals surface area contributed by atoms with Crippen molar-refractivity contribution in [2.75, 3.05) is 11.5 Å². The van der Waals surface area contributed by atoms with Gasteiger partial charge in [-0.2, -0.15) is 0 Å². The molecule has 1 heterocycles. The van der Waals surface area contributed by atoms with Gasteiger partial charge in [0.1, 0.15) is 17.9 Å². The zero-order chi connectivity index (χ0) is 27.4. The molecule has 0 radical (unpaired) electrons. The molecule has 1 saturated heterocycles. The number of ether oxygens (including phenoxy) is 2. The molecule has 3 aromatic carbocycles. The number of carbonyl (C=O) groups is 4. The van der Waals surface area contributed by atoms with E-state index in [0.29, 0.717) is 23.5 Å². The summed E-state index contributed by atoms with van der Waals surface area (Å²) in [5.41, 5.74) is 1.13. The Balaban J connectivity index is 1.55. The third kappa shape index (κ3) is 5.80. The molecule has 0 bridgehead atoms. The van der Waals surface area contributed by atoms with Gasteiger partial charge in [-0.15, -0.1) is 0 Å². The maximum absolute atomic E-state index is 13.1. The van der Waals surface area contributed by atoms with E-state index >= 15 is 0 Å². The number of urea groups is 1. The summed E-state index contributed by atoms with van der Waals surface area (Å²) in [6.45, 7) is 2.36. The van der Waals surface area contributed by atoms with E-state index in [2.05, 4.69) is 5.32 Å². The van der Waals surface area contributed by atoms with Gasteiger partial charge in [0.15, 0.2) is 5.75 Å². The summed E-state index contributed by atoms with van der Waals surface area (Å²) in [5, 5.41) is 11.4. The summed E-state index contributed by atoms with van der Waals surface area (Å²) in [6, 6.07) is 14.4. The summed E-state index contributed by atoms with van der Waals surface area (Å²) in [4.78, 5) is 49.9. The van der Waals surface area contributed by atoms with Gasteiger partial charge < -0.3 is 14.6 Å². The molecule has 0 saturated carbocycles. The molecule has 0 unspecified atom stereocenters. The Hall–Kier alpha value is -4.34. The van der Waals surface area contributed by atoms with Gasteiger partial charge in [-0.1, -0.05) is 35.3 Å². The summed E-state index contributed by atoms with van der Waals surface area (Å²) in [5.74, 6) is -1.98. The first-order valence-corrected chi connectivity index (χ1v) is 12.0. The number of carbonyl (C=O) groups excluding carboxylic acids is 3. The standard InChI is InChI=1S/C27H20Cl2N2O7/c1-2-37-19-9-7-18(8-10-19)31-25(33)20(24(32)30-27(31)36)11-16-12-21(28)23(22(29)13-16)38-14-15-3-5-17(6-4-15)26(34)35/h3-13H,2,14H2,1H3,(H,34,35)(H,30,32,36)/b20-11+. The maximum atomic E-state index is 13.1. The van der Waals surface area contributed by atoms with E-state index in [1.165, 1.54) is 42.5 Å². The van der Waals surface area contributed by atoms with E-state index in [1.54, 1.807) is 24.3 Å². The van der Waals surface area contributed by atoms with Crippen LogP contribution in [0.4, 0.5) is 10.5 Å². The second-order valence-corrected chi connectivity index (χ2v) is 8.80. The van der Waals surface area contributed by atoms with Crippen LogP contribution in [0.1, 0.15) is 28.4 Å². The number of hydrogen-bond acceptors (Lipinski definition) is 6. The molecule has 1 aliphatic rings. The van der Waals surface area contributed by atoms with Crippen molar-refractivity contribution >= 4 is 58.8 Å². The highest BCUT2D eigenvalue weighted by molar-refractivity contribution is 6.40. The Morgan fingerprint density at radius 3 is 2.18 bits per heavy atom. The van der Waals surface area contributed by atoms with E-state index in [4.69, 9.17) is 37.8 Å². The minimum Gasteiger partial charge on any atom is -0.494 e. The fourth-order valence-electron chi connectivity index (χ4n) is 3.62. The van der Waals surface area contributed by atoms with Gasteiger partial charge in [0.05, 0.1) is 27.9 Å². The molecule has 0 atom stereocenters. The van der Waals surface area contributed by atoms with E-state index in [0.717, 1.165) is 4.90 Å². The van der Waals surface area contributed by atoms with Crippen LogP contribution in [0.25, 0.3) is 6.08 Å². The Bertz CT molecular complexity index is 1430. The van der Waals surface area contributed by atoms with Crippen molar-refractivity contribution in [2.45, 2.75) is 13.5 Å². The topological polar surface area (TPSA) is 122 Å². The molecule has 4 rings (SSSR count). The second kappa shape index (κ2) is 11.4. The van der Waals surface area contributed by atoms with Crippen molar-refractivity contribution in [3.8, 4) is 11.5 Å². The van der Waals surface area contributed by atoms with E-state index in [1.807, 2.05) is 6.92 Å². The second-order valence-electron chi connectivity index (χ2n) is 7.99. The number of carboxylic acids is 1. The van der Waals surface area contributed by atoms with E-state index in [9.17, 15) is 19.2 Å². The zero-order valence-corrected chi connectivity index (χ0v) is 21.4. The van der Waals surface area contributed by atoms with Crippen LogP contribution in [0.5, 0.6) is 11.5 Å². The Labute approximate surface area is 227 Å². The van der Waals surface area contributed by atoms with Crippen LogP contribution in [0.2, 0.25) is 10.0 Å². The summed E-state index contributed by atoms with van der Waals surface area (Å²) in [7, 11) is 0. The number of halogens is 2. The molecule has 38 heavy (non-hydrogen) atoms. The Kier molecular flexibility index (Phi) is 7.99. The molecule has 0 aromatic heterocycles. The van der Waals surface area contributed by atoms with Gasteiger partial charge in [0.2, 0.25) is 0 Å². The van der Waals surface area contributed by atoms with Crippen LogP contribution in [-0.2, 0) is 16.2 Å². The summed E-state index contributed by atoms with van der Waals surface area (Å²) >= 11 is 12.7. The molecular formula is C27H20Cl2N2O7. The van der Waals surface area contributed by atoms with Crippen molar-refractivity contribution in [1.29, 1.82) is 0 Å². The lowest BCUT2D eigenvalue weighted by Crippen LogP contribution is -2.54. The monoisotopic (exact) mass is 554 g/mol. The third-order valence-corrected chi connectivity index (χ3v) is 5.98. The molecular weight excluding hydrogens is 535 g/mol. The van der Waals surface area contributed by atoms with Crippen LogP contribution < -0.4 is 19.7 Å². The van der Waals surface area contributed by atoms with Crippen molar-refractivity contribution < 1.29 is 33.8 Å². The molecule has 1 fully saturated rings.